The molecule has 0 aliphatic carbocycles. The number of hydrogen-bond acceptors (Lipinski definition) is 4. The van der Waals surface area contributed by atoms with Gasteiger partial charge in [-0.25, -0.2) is 4.98 Å². The number of nitrogens with one attached hydrogen (secondary N) is 1. The highest BCUT2D eigenvalue weighted by atomic mass is 35.5. The average Bonchev–Trinajstić information content (AvgIpc) is 3.46. The molecule has 0 aliphatic heterocycles. The number of furan rings is 1. The molecule has 1 amide bonds. The molecule has 168 valence electrons. The predicted molar refractivity (Wildman–Crippen MR) is 136 cm³/mol. The molecular formula is C28H21ClN2O3. The van der Waals surface area contributed by atoms with Crippen LogP contribution in [0.15, 0.2) is 87.7 Å². The number of carbonyl (C=O) groups is 1. The highest BCUT2D eigenvalue weighted by Crippen LogP contribution is 2.29. The van der Waals surface area contributed by atoms with Crippen LogP contribution in [0.4, 0.5) is 5.69 Å². The van der Waals surface area contributed by atoms with Gasteiger partial charge < -0.3 is 14.2 Å². The highest BCUT2D eigenvalue weighted by Gasteiger charge is 2.11. The molecular weight excluding hydrogens is 448 g/mol. The Labute approximate surface area is 201 Å². The lowest BCUT2D eigenvalue weighted by Crippen LogP contribution is -2.09. The van der Waals surface area contributed by atoms with Gasteiger partial charge in [0.15, 0.2) is 5.58 Å². The number of oxazole rings is 1. The molecule has 2 aromatic heterocycles. The summed E-state index contributed by atoms with van der Waals surface area (Å²) in [4.78, 5) is 17.2. The monoisotopic (exact) mass is 468 g/mol. The Bertz CT molecular complexity index is 1530. The van der Waals surface area contributed by atoms with E-state index in [1.54, 1.807) is 18.2 Å². The van der Waals surface area contributed by atoms with Crippen LogP contribution >= 0.6 is 11.6 Å². The quantitative estimate of drug-likeness (QED) is 0.268. The van der Waals surface area contributed by atoms with Crippen LogP contribution in [-0.2, 0) is 4.79 Å². The topological polar surface area (TPSA) is 68.3 Å². The number of amides is 1. The summed E-state index contributed by atoms with van der Waals surface area (Å²) >= 11 is 5.94. The summed E-state index contributed by atoms with van der Waals surface area (Å²) in [6.07, 6.45) is 3.08. The van der Waals surface area contributed by atoms with Crippen LogP contribution in [0.1, 0.15) is 16.9 Å². The molecule has 5 nitrogen and oxygen atoms in total. The van der Waals surface area contributed by atoms with Gasteiger partial charge in [-0.1, -0.05) is 23.7 Å². The summed E-state index contributed by atoms with van der Waals surface area (Å²) in [7, 11) is 0. The van der Waals surface area contributed by atoms with Crippen LogP contribution in [0.25, 0.3) is 40.0 Å². The van der Waals surface area contributed by atoms with E-state index in [1.165, 1.54) is 6.08 Å². The van der Waals surface area contributed by atoms with Gasteiger partial charge in [-0.2, -0.15) is 0 Å². The zero-order valence-electron chi connectivity index (χ0n) is 18.6. The van der Waals surface area contributed by atoms with Crippen molar-refractivity contribution in [2.24, 2.45) is 0 Å². The van der Waals surface area contributed by atoms with E-state index in [1.807, 2.05) is 74.5 Å². The van der Waals surface area contributed by atoms with Crippen LogP contribution in [0.3, 0.4) is 0 Å². The van der Waals surface area contributed by atoms with E-state index >= 15 is 0 Å². The summed E-state index contributed by atoms with van der Waals surface area (Å²) in [5.74, 6) is 1.52. The van der Waals surface area contributed by atoms with Crippen molar-refractivity contribution in [3.8, 4) is 22.8 Å². The Hall–Kier alpha value is -4.09. The molecule has 1 N–H and O–H groups in total. The van der Waals surface area contributed by atoms with E-state index in [2.05, 4.69) is 10.3 Å². The van der Waals surface area contributed by atoms with E-state index in [-0.39, 0.29) is 5.91 Å². The Morgan fingerprint density at radius 2 is 1.71 bits per heavy atom. The maximum Gasteiger partial charge on any atom is 0.248 e. The number of halogens is 1. The second-order valence-corrected chi connectivity index (χ2v) is 8.49. The smallest absolute Gasteiger partial charge is 0.248 e. The normalized spacial score (nSPS) is 11.4. The fraction of sp³-hybridized carbons (Fsp3) is 0.0714. The Kier molecular flexibility index (Phi) is 5.78. The molecule has 6 heteroatoms. The number of aromatic nitrogens is 1. The van der Waals surface area contributed by atoms with Crippen LogP contribution in [-0.4, -0.2) is 10.9 Å². The number of anilines is 1. The number of fused-ring (bicyclic) bond motifs is 1. The van der Waals surface area contributed by atoms with E-state index in [4.69, 9.17) is 20.4 Å². The predicted octanol–water partition coefficient (Wildman–Crippen LogP) is 7.68. The van der Waals surface area contributed by atoms with Crippen molar-refractivity contribution in [1.29, 1.82) is 0 Å². The number of hydrogen-bond donors (Lipinski definition) is 1. The molecule has 0 spiro atoms. The van der Waals surface area contributed by atoms with Crippen molar-refractivity contribution in [3.63, 3.8) is 0 Å². The van der Waals surface area contributed by atoms with Crippen LogP contribution in [0.5, 0.6) is 0 Å². The highest BCUT2D eigenvalue weighted by molar-refractivity contribution is 6.30. The molecule has 0 radical (unpaired) electrons. The lowest BCUT2D eigenvalue weighted by atomic mass is 10.1. The zero-order chi connectivity index (χ0) is 23.7. The lowest BCUT2D eigenvalue weighted by Gasteiger charge is -2.07. The molecule has 2 heterocycles. The number of aryl methyl sites for hydroxylation is 2. The molecule has 0 atom stereocenters. The third-order valence-electron chi connectivity index (χ3n) is 5.44. The maximum absolute atomic E-state index is 12.6. The zero-order valence-corrected chi connectivity index (χ0v) is 19.4. The van der Waals surface area contributed by atoms with Gasteiger partial charge in [-0.3, -0.25) is 4.79 Å². The molecule has 0 saturated carbocycles. The van der Waals surface area contributed by atoms with Crippen molar-refractivity contribution < 1.29 is 13.6 Å². The summed E-state index contributed by atoms with van der Waals surface area (Å²) in [6.45, 7) is 3.95. The minimum atomic E-state index is -0.266. The van der Waals surface area contributed by atoms with E-state index in [9.17, 15) is 4.79 Å². The van der Waals surface area contributed by atoms with E-state index in [0.29, 0.717) is 28.1 Å². The Balaban J connectivity index is 1.31. The van der Waals surface area contributed by atoms with Gasteiger partial charge in [0.25, 0.3) is 0 Å². The largest absolute Gasteiger partial charge is 0.457 e. The maximum atomic E-state index is 12.6. The number of rotatable bonds is 5. The fourth-order valence-corrected chi connectivity index (χ4v) is 3.72. The van der Waals surface area contributed by atoms with Gasteiger partial charge in [0.05, 0.1) is 0 Å². The van der Waals surface area contributed by atoms with Crippen molar-refractivity contribution in [1.82, 2.24) is 4.98 Å². The second kappa shape index (κ2) is 9.04. The van der Waals surface area contributed by atoms with Gasteiger partial charge in [0, 0.05) is 27.9 Å². The van der Waals surface area contributed by atoms with Crippen LogP contribution < -0.4 is 5.32 Å². The minimum absolute atomic E-state index is 0.266. The number of nitrogens with zero attached hydrogens (tertiary/aromatic N) is 1. The molecule has 0 unspecified atom stereocenters. The Morgan fingerprint density at radius 1 is 0.912 bits per heavy atom. The third-order valence-corrected chi connectivity index (χ3v) is 5.69. The molecule has 5 aromatic rings. The fourth-order valence-electron chi connectivity index (χ4n) is 3.59. The summed E-state index contributed by atoms with van der Waals surface area (Å²) < 4.78 is 11.7. The number of benzene rings is 3. The van der Waals surface area contributed by atoms with Crippen LogP contribution in [0.2, 0.25) is 5.02 Å². The van der Waals surface area contributed by atoms with E-state index in [0.717, 1.165) is 33.4 Å². The minimum Gasteiger partial charge on any atom is -0.457 e. The summed E-state index contributed by atoms with van der Waals surface area (Å²) in [5.41, 5.74) is 5.97. The molecule has 5 rings (SSSR count). The number of carbonyl (C=O) groups excluding carboxylic acids is 1. The van der Waals surface area contributed by atoms with Crippen molar-refractivity contribution >= 4 is 40.4 Å². The van der Waals surface area contributed by atoms with Crippen molar-refractivity contribution in [2.75, 3.05) is 5.32 Å². The van der Waals surface area contributed by atoms with Crippen LogP contribution in [0, 0.1) is 13.8 Å². The second-order valence-electron chi connectivity index (χ2n) is 8.05. The third kappa shape index (κ3) is 4.65. The van der Waals surface area contributed by atoms with Gasteiger partial charge in [0.1, 0.15) is 17.0 Å². The first kappa shape index (κ1) is 21.7. The standard InChI is InChI=1S/C28H21ClN2O3/c1-17-3-12-26-24(15-17)31-28(34-26)20-5-4-18(2)23(16-20)30-27(32)14-11-22-10-13-25(33-22)19-6-8-21(29)9-7-19/h3-16H,1-2H3,(H,30,32)/b14-11+. The first-order valence-corrected chi connectivity index (χ1v) is 11.2. The van der Waals surface area contributed by atoms with E-state index < -0.39 is 0 Å². The molecule has 3 aromatic carbocycles. The van der Waals surface area contributed by atoms with Gasteiger partial charge in [0.2, 0.25) is 11.8 Å². The molecule has 0 bridgehead atoms. The summed E-state index contributed by atoms with van der Waals surface area (Å²) in [6, 6.07) is 22.7. The first-order chi connectivity index (χ1) is 16.4. The average molecular weight is 469 g/mol. The molecule has 0 saturated heterocycles. The van der Waals surface area contributed by atoms with Crippen molar-refractivity contribution in [3.05, 3.63) is 101 Å². The molecule has 0 fully saturated rings. The first-order valence-electron chi connectivity index (χ1n) is 10.8. The lowest BCUT2D eigenvalue weighted by molar-refractivity contribution is -0.111. The SMILES string of the molecule is Cc1ccc2oc(-c3ccc(C)c(NC(=O)/C=C/c4ccc(-c5ccc(Cl)cc5)o4)c3)nc2c1. The summed E-state index contributed by atoms with van der Waals surface area (Å²) in [5, 5.41) is 3.59. The Morgan fingerprint density at radius 3 is 2.53 bits per heavy atom. The van der Waals surface area contributed by atoms with Gasteiger partial charge >= 0.3 is 0 Å². The molecule has 0 aliphatic rings. The molecule has 34 heavy (non-hydrogen) atoms. The van der Waals surface area contributed by atoms with Gasteiger partial charge in [-0.15, -0.1) is 0 Å². The van der Waals surface area contributed by atoms with Crippen molar-refractivity contribution in [2.45, 2.75) is 13.8 Å². The van der Waals surface area contributed by atoms with Gasteiger partial charge in [-0.05, 0) is 91.7 Å².